The number of para-hydroxylation sites is 1. The molecule has 85 valence electrons. The molecule has 0 amide bonds. The van der Waals surface area contributed by atoms with Gasteiger partial charge in [-0.15, -0.1) is 0 Å². The number of fused-ring (bicyclic) bond motifs is 1. The highest BCUT2D eigenvalue weighted by Gasteiger charge is 2.09. The van der Waals surface area contributed by atoms with Crippen molar-refractivity contribution >= 4 is 10.9 Å². The van der Waals surface area contributed by atoms with Crippen molar-refractivity contribution in [1.29, 1.82) is 5.26 Å². The Bertz CT molecular complexity index is 720. The second-order valence-corrected chi connectivity index (χ2v) is 4.04. The van der Waals surface area contributed by atoms with Crippen molar-refractivity contribution in [2.75, 3.05) is 0 Å². The molecule has 18 heavy (non-hydrogen) atoms. The molecule has 0 saturated carbocycles. The fourth-order valence-electron chi connectivity index (χ4n) is 2.03. The van der Waals surface area contributed by atoms with Crippen LogP contribution < -0.4 is 0 Å². The Hall–Kier alpha value is -2.60. The maximum absolute atomic E-state index is 9.08. The van der Waals surface area contributed by atoms with Crippen LogP contribution in [0.2, 0.25) is 0 Å². The van der Waals surface area contributed by atoms with Gasteiger partial charge in [0.25, 0.3) is 0 Å². The molecule has 0 atom stereocenters. The molecule has 2 aromatic carbocycles. The fourth-order valence-corrected chi connectivity index (χ4v) is 2.03. The van der Waals surface area contributed by atoms with Gasteiger partial charge in [0.2, 0.25) is 0 Å². The van der Waals surface area contributed by atoms with E-state index in [1.165, 1.54) is 0 Å². The molecular weight excluding hydrogens is 222 g/mol. The first-order valence-corrected chi connectivity index (χ1v) is 5.69. The third-order valence-corrected chi connectivity index (χ3v) is 2.88. The summed E-state index contributed by atoms with van der Waals surface area (Å²) in [6, 6.07) is 20.7. The molecule has 3 aromatic rings. The number of hydrogen-bond donors (Lipinski definition) is 0. The first kappa shape index (κ1) is 10.5. The molecule has 0 N–H and O–H groups in total. The Labute approximate surface area is 105 Å². The zero-order valence-corrected chi connectivity index (χ0v) is 9.67. The molecule has 3 rings (SSSR count). The van der Waals surface area contributed by atoms with Crippen LogP contribution in [0.4, 0.5) is 0 Å². The summed E-state index contributed by atoms with van der Waals surface area (Å²) in [4.78, 5) is 0. The number of hydrogen-bond acceptors (Lipinski definition) is 2. The van der Waals surface area contributed by atoms with E-state index in [4.69, 9.17) is 5.26 Å². The van der Waals surface area contributed by atoms with E-state index < -0.39 is 0 Å². The van der Waals surface area contributed by atoms with E-state index in [-0.39, 0.29) is 0 Å². The van der Waals surface area contributed by atoms with Crippen LogP contribution in [-0.2, 0) is 6.54 Å². The molecule has 0 spiro atoms. The average Bonchev–Trinajstić information content (AvgIpc) is 2.78. The van der Waals surface area contributed by atoms with Gasteiger partial charge in [0.15, 0.2) is 5.69 Å². The van der Waals surface area contributed by atoms with Crippen LogP contribution in [0.1, 0.15) is 11.3 Å². The second-order valence-electron chi connectivity index (χ2n) is 4.04. The van der Waals surface area contributed by atoms with Gasteiger partial charge in [-0.05, 0) is 23.8 Å². The minimum Gasteiger partial charge on any atom is -0.259 e. The summed E-state index contributed by atoms with van der Waals surface area (Å²) in [6.45, 7) is 0.664. The molecule has 0 aliphatic heterocycles. The second kappa shape index (κ2) is 4.34. The third-order valence-electron chi connectivity index (χ3n) is 2.88. The van der Waals surface area contributed by atoms with Crippen LogP contribution in [0.3, 0.4) is 0 Å². The summed E-state index contributed by atoms with van der Waals surface area (Å²) in [5, 5.41) is 14.3. The molecule has 0 unspecified atom stereocenters. The summed E-state index contributed by atoms with van der Waals surface area (Å²) >= 11 is 0. The van der Waals surface area contributed by atoms with Crippen LogP contribution in [0, 0.1) is 17.4 Å². The first-order chi connectivity index (χ1) is 8.88. The number of rotatable bonds is 2. The minimum absolute atomic E-state index is 0.480. The van der Waals surface area contributed by atoms with Gasteiger partial charge in [0.05, 0.1) is 12.1 Å². The van der Waals surface area contributed by atoms with Gasteiger partial charge in [-0.3, -0.25) is 4.68 Å². The van der Waals surface area contributed by atoms with Gasteiger partial charge in [-0.25, -0.2) is 0 Å². The van der Waals surface area contributed by atoms with E-state index in [2.05, 4.69) is 17.2 Å². The van der Waals surface area contributed by atoms with Crippen LogP contribution in [0.15, 0.2) is 48.5 Å². The molecular formula is C15H10N3. The molecule has 1 aromatic heterocycles. The smallest absolute Gasteiger partial charge is 0.170 e. The lowest BCUT2D eigenvalue weighted by molar-refractivity contribution is 0.708. The van der Waals surface area contributed by atoms with Crippen molar-refractivity contribution < 1.29 is 0 Å². The highest BCUT2D eigenvalue weighted by molar-refractivity contribution is 5.84. The van der Waals surface area contributed by atoms with Crippen molar-refractivity contribution in [3.8, 4) is 6.07 Å². The van der Waals surface area contributed by atoms with Crippen molar-refractivity contribution in [3.05, 3.63) is 65.9 Å². The maximum atomic E-state index is 9.08. The summed E-state index contributed by atoms with van der Waals surface area (Å²) < 4.78 is 1.86. The number of aromatic nitrogens is 2. The van der Waals surface area contributed by atoms with E-state index in [0.29, 0.717) is 12.2 Å². The molecule has 0 aliphatic carbocycles. The lowest BCUT2D eigenvalue weighted by Crippen LogP contribution is -2.01. The van der Waals surface area contributed by atoms with Crippen molar-refractivity contribution in [3.63, 3.8) is 0 Å². The summed E-state index contributed by atoms with van der Waals surface area (Å²) in [5.74, 6) is 0. The molecule has 0 fully saturated rings. The zero-order valence-electron chi connectivity index (χ0n) is 9.67. The van der Waals surface area contributed by atoms with Crippen LogP contribution in [-0.4, -0.2) is 9.78 Å². The van der Waals surface area contributed by atoms with Gasteiger partial charge in [0, 0.05) is 5.39 Å². The predicted molar refractivity (Wildman–Crippen MR) is 68.8 cm³/mol. The molecule has 3 nitrogen and oxygen atoms in total. The van der Waals surface area contributed by atoms with Gasteiger partial charge >= 0.3 is 0 Å². The highest BCUT2D eigenvalue weighted by atomic mass is 15.3. The van der Waals surface area contributed by atoms with Crippen molar-refractivity contribution in [1.82, 2.24) is 9.78 Å². The number of nitrogens with zero attached hydrogens (tertiary/aromatic N) is 3. The monoisotopic (exact) mass is 232 g/mol. The average molecular weight is 232 g/mol. The molecule has 0 aliphatic rings. The minimum atomic E-state index is 0.480. The molecule has 3 heteroatoms. The van der Waals surface area contributed by atoms with Crippen molar-refractivity contribution in [2.45, 2.75) is 6.54 Å². The first-order valence-electron chi connectivity index (χ1n) is 5.69. The highest BCUT2D eigenvalue weighted by Crippen LogP contribution is 2.18. The molecule has 1 heterocycles. The molecule has 0 bridgehead atoms. The molecule has 1 radical (unpaired) electrons. The van der Waals surface area contributed by atoms with E-state index >= 15 is 0 Å². The summed E-state index contributed by atoms with van der Waals surface area (Å²) in [5.41, 5.74) is 2.61. The van der Waals surface area contributed by atoms with E-state index in [1.807, 2.05) is 53.2 Å². The van der Waals surface area contributed by atoms with Crippen molar-refractivity contribution in [2.24, 2.45) is 0 Å². The SMILES string of the molecule is N#Cc1nn(Cc2cc[c]cc2)c2ccccc12. The quantitative estimate of drug-likeness (QED) is 0.681. The maximum Gasteiger partial charge on any atom is 0.170 e. The lowest BCUT2D eigenvalue weighted by Gasteiger charge is -2.02. The lowest BCUT2D eigenvalue weighted by atomic mass is 10.2. The van der Waals surface area contributed by atoms with E-state index in [0.717, 1.165) is 16.5 Å². The standard InChI is InChI=1S/C15H10N3/c16-10-14-13-8-4-5-9-15(13)18(17-14)11-12-6-2-1-3-7-12/h2-9H,11H2. The van der Waals surface area contributed by atoms with Gasteiger partial charge in [0.1, 0.15) is 6.07 Å². The number of benzene rings is 2. The Balaban J connectivity index is 2.11. The van der Waals surface area contributed by atoms with Gasteiger partial charge in [-0.1, -0.05) is 36.4 Å². The number of nitriles is 1. The van der Waals surface area contributed by atoms with Gasteiger partial charge in [-0.2, -0.15) is 10.4 Å². The Kier molecular flexibility index (Phi) is 2.54. The normalized spacial score (nSPS) is 10.4. The predicted octanol–water partition coefficient (Wildman–Crippen LogP) is 2.76. The van der Waals surface area contributed by atoms with E-state index in [1.54, 1.807) is 0 Å². The largest absolute Gasteiger partial charge is 0.259 e. The summed E-state index contributed by atoms with van der Waals surface area (Å²) in [6.07, 6.45) is 0. The van der Waals surface area contributed by atoms with Gasteiger partial charge < -0.3 is 0 Å². The topological polar surface area (TPSA) is 41.6 Å². The van der Waals surface area contributed by atoms with Crippen LogP contribution in [0.25, 0.3) is 10.9 Å². The Morgan fingerprint density at radius 3 is 2.72 bits per heavy atom. The Morgan fingerprint density at radius 2 is 1.94 bits per heavy atom. The third kappa shape index (κ3) is 1.74. The Morgan fingerprint density at radius 1 is 1.17 bits per heavy atom. The van der Waals surface area contributed by atoms with Crippen LogP contribution in [0.5, 0.6) is 0 Å². The fraction of sp³-hybridized carbons (Fsp3) is 0.0667. The molecule has 0 saturated heterocycles. The van der Waals surface area contributed by atoms with E-state index in [9.17, 15) is 0 Å². The summed E-state index contributed by atoms with van der Waals surface area (Å²) in [7, 11) is 0. The van der Waals surface area contributed by atoms with Crippen LogP contribution >= 0.6 is 0 Å². The zero-order chi connectivity index (χ0) is 12.4.